The molecule has 1 amide bonds. The molecule has 1 aliphatic heterocycles. The lowest BCUT2D eigenvalue weighted by molar-refractivity contribution is -0.176. The first-order valence-electron chi connectivity index (χ1n) is 7.99. The SMILES string of the molecule is O=C1[C@H](OCc2ccccc2)[C@@H](O)[C@H](O)CN1Cc1ccccc1. The number of hydrogen-bond acceptors (Lipinski definition) is 4. The van der Waals surface area contributed by atoms with E-state index >= 15 is 0 Å². The number of benzene rings is 2. The summed E-state index contributed by atoms with van der Waals surface area (Å²) in [5.74, 6) is -0.299. The van der Waals surface area contributed by atoms with E-state index in [4.69, 9.17) is 4.74 Å². The van der Waals surface area contributed by atoms with Crippen LogP contribution in [0.2, 0.25) is 0 Å². The minimum atomic E-state index is -1.21. The fourth-order valence-electron chi connectivity index (χ4n) is 2.83. The van der Waals surface area contributed by atoms with E-state index in [2.05, 4.69) is 0 Å². The Morgan fingerprint density at radius 1 is 0.958 bits per heavy atom. The molecule has 2 N–H and O–H groups in total. The van der Waals surface area contributed by atoms with Crippen LogP contribution in [0.15, 0.2) is 60.7 Å². The lowest BCUT2D eigenvalue weighted by atomic mass is 10.00. The number of carbonyl (C=O) groups is 1. The van der Waals surface area contributed by atoms with Crippen LogP contribution in [0.25, 0.3) is 0 Å². The topological polar surface area (TPSA) is 70.0 Å². The van der Waals surface area contributed by atoms with Crippen molar-refractivity contribution in [1.82, 2.24) is 4.90 Å². The van der Waals surface area contributed by atoms with Crippen LogP contribution in [0.5, 0.6) is 0 Å². The van der Waals surface area contributed by atoms with E-state index in [0.717, 1.165) is 11.1 Å². The van der Waals surface area contributed by atoms with E-state index < -0.39 is 18.3 Å². The number of carbonyl (C=O) groups excluding carboxylic acids is 1. The number of hydrogen-bond donors (Lipinski definition) is 2. The lowest BCUT2D eigenvalue weighted by Crippen LogP contribution is -2.59. The summed E-state index contributed by atoms with van der Waals surface area (Å²) in [5.41, 5.74) is 1.88. The maximum Gasteiger partial charge on any atom is 0.254 e. The first kappa shape index (κ1) is 16.6. The Bertz CT molecular complexity index is 662. The number of rotatable bonds is 5. The van der Waals surface area contributed by atoms with Gasteiger partial charge in [0.1, 0.15) is 12.2 Å². The normalized spacial score (nSPS) is 24.2. The molecule has 24 heavy (non-hydrogen) atoms. The number of piperidine rings is 1. The molecule has 0 radical (unpaired) electrons. The highest BCUT2D eigenvalue weighted by Crippen LogP contribution is 2.20. The summed E-state index contributed by atoms with van der Waals surface area (Å²) in [6, 6.07) is 19.0. The highest BCUT2D eigenvalue weighted by molar-refractivity contribution is 5.82. The number of ether oxygens (including phenoxy) is 1. The van der Waals surface area contributed by atoms with Gasteiger partial charge in [-0.3, -0.25) is 4.79 Å². The van der Waals surface area contributed by atoms with Crippen LogP contribution in [-0.4, -0.2) is 45.9 Å². The van der Waals surface area contributed by atoms with Crippen molar-refractivity contribution in [3.05, 3.63) is 71.8 Å². The summed E-state index contributed by atoms with van der Waals surface area (Å²) in [5, 5.41) is 20.2. The van der Waals surface area contributed by atoms with Crippen molar-refractivity contribution in [2.45, 2.75) is 31.5 Å². The number of nitrogens with zero attached hydrogens (tertiary/aromatic N) is 1. The third-order valence-electron chi connectivity index (χ3n) is 4.16. The Morgan fingerprint density at radius 3 is 2.17 bits per heavy atom. The maximum absolute atomic E-state index is 12.6. The molecule has 0 aliphatic carbocycles. The average Bonchev–Trinajstić information content (AvgIpc) is 2.61. The number of likely N-dealkylation sites (tertiary alicyclic amines) is 1. The first-order valence-corrected chi connectivity index (χ1v) is 7.99. The molecule has 3 atom stereocenters. The van der Waals surface area contributed by atoms with Crippen molar-refractivity contribution in [2.24, 2.45) is 0 Å². The van der Waals surface area contributed by atoms with Gasteiger partial charge in [-0.1, -0.05) is 60.7 Å². The zero-order valence-corrected chi connectivity index (χ0v) is 13.3. The number of aliphatic hydroxyl groups is 2. The minimum absolute atomic E-state index is 0.0973. The van der Waals surface area contributed by atoms with E-state index in [0.29, 0.717) is 6.54 Å². The van der Waals surface area contributed by atoms with Crippen LogP contribution in [0.4, 0.5) is 0 Å². The third-order valence-corrected chi connectivity index (χ3v) is 4.16. The smallest absolute Gasteiger partial charge is 0.254 e. The second kappa shape index (κ2) is 7.57. The molecule has 0 aromatic heterocycles. The van der Waals surface area contributed by atoms with Crippen LogP contribution in [0.3, 0.4) is 0 Å². The Balaban J connectivity index is 1.69. The molecule has 1 fully saturated rings. The zero-order valence-electron chi connectivity index (χ0n) is 13.3. The van der Waals surface area contributed by atoms with Crippen molar-refractivity contribution in [3.63, 3.8) is 0 Å². The zero-order chi connectivity index (χ0) is 16.9. The van der Waals surface area contributed by atoms with Gasteiger partial charge in [-0.05, 0) is 11.1 Å². The minimum Gasteiger partial charge on any atom is -0.388 e. The van der Waals surface area contributed by atoms with Gasteiger partial charge in [-0.25, -0.2) is 0 Å². The van der Waals surface area contributed by atoms with Gasteiger partial charge in [0.2, 0.25) is 0 Å². The van der Waals surface area contributed by atoms with Crippen LogP contribution in [0, 0.1) is 0 Å². The molecule has 2 aromatic rings. The number of amides is 1. The monoisotopic (exact) mass is 327 g/mol. The summed E-state index contributed by atoms with van der Waals surface area (Å²) >= 11 is 0. The highest BCUT2D eigenvalue weighted by atomic mass is 16.5. The van der Waals surface area contributed by atoms with E-state index in [1.165, 1.54) is 4.90 Å². The molecular formula is C19H21NO4. The fourth-order valence-corrected chi connectivity index (χ4v) is 2.83. The largest absolute Gasteiger partial charge is 0.388 e. The van der Waals surface area contributed by atoms with Crippen molar-refractivity contribution in [3.8, 4) is 0 Å². The fraction of sp³-hybridized carbons (Fsp3) is 0.316. The Hall–Kier alpha value is -2.21. The van der Waals surface area contributed by atoms with E-state index in [1.54, 1.807) is 0 Å². The lowest BCUT2D eigenvalue weighted by Gasteiger charge is -2.38. The van der Waals surface area contributed by atoms with Gasteiger partial charge in [0.15, 0.2) is 6.10 Å². The van der Waals surface area contributed by atoms with Crippen molar-refractivity contribution < 1.29 is 19.7 Å². The van der Waals surface area contributed by atoms with Crippen molar-refractivity contribution in [2.75, 3.05) is 6.54 Å². The molecule has 5 nitrogen and oxygen atoms in total. The molecule has 1 aliphatic rings. The summed E-state index contributed by atoms with van der Waals surface area (Å²) in [7, 11) is 0. The predicted octanol–water partition coefficient (Wildman–Crippen LogP) is 1.34. The molecule has 126 valence electrons. The summed E-state index contributed by atoms with van der Waals surface area (Å²) < 4.78 is 5.63. The van der Waals surface area contributed by atoms with Gasteiger partial charge in [-0.15, -0.1) is 0 Å². The number of aliphatic hydroxyl groups excluding tert-OH is 2. The Kier molecular flexibility index (Phi) is 5.25. The summed E-state index contributed by atoms with van der Waals surface area (Å²) in [4.78, 5) is 14.2. The summed E-state index contributed by atoms with van der Waals surface area (Å²) in [6.07, 6.45) is -3.29. The summed E-state index contributed by atoms with van der Waals surface area (Å²) in [6.45, 7) is 0.689. The van der Waals surface area contributed by atoms with Crippen LogP contribution in [0.1, 0.15) is 11.1 Å². The molecule has 0 saturated carbocycles. The van der Waals surface area contributed by atoms with Gasteiger partial charge in [0.25, 0.3) is 5.91 Å². The van der Waals surface area contributed by atoms with Gasteiger partial charge < -0.3 is 19.8 Å². The Labute approximate surface area is 141 Å². The van der Waals surface area contributed by atoms with E-state index in [1.807, 2.05) is 60.7 Å². The van der Waals surface area contributed by atoms with Gasteiger partial charge in [0, 0.05) is 13.1 Å². The molecule has 2 aromatic carbocycles. The molecule has 0 unspecified atom stereocenters. The standard InChI is InChI=1S/C19H21NO4/c21-16-12-20(11-14-7-3-1-4-8-14)19(23)18(17(16)22)24-13-15-9-5-2-6-10-15/h1-10,16-18,21-22H,11-13H2/t16-,17+,18-/m1/s1. The first-order chi connectivity index (χ1) is 11.6. The quantitative estimate of drug-likeness (QED) is 0.869. The molecule has 3 rings (SSSR count). The van der Waals surface area contributed by atoms with Gasteiger partial charge >= 0.3 is 0 Å². The highest BCUT2D eigenvalue weighted by Gasteiger charge is 2.41. The van der Waals surface area contributed by atoms with Crippen molar-refractivity contribution in [1.29, 1.82) is 0 Å². The molecule has 1 heterocycles. The van der Waals surface area contributed by atoms with Crippen LogP contribution in [-0.2, 0) is 22.7 Å². The predicted molar refractivity (Wildman–Crippen MR) is 88.9 cm³/mol. The molecule has 0 spiro atoms. The molecule has 1 saturated heterocycles. The average molecular weight is 327 g/mol. The molecule has 5 heteroatoms. The van der Waals surface area contributed by atoms with Gasteiger partial charge in [-0.2, -0.15) is 0 Å². The molecular weight excluding hydrogens is 306 g/mol. The van der Waals surface area contributed by atoms with Crippen molar-refractivity contribution >= 4 is 5.91 Å². The van der Waals surface area contributed by atoms with Crippen LogP contribution >= 0.6 is 0 Å². The van der Waals surface area contributed by atoms with Gasteiger partial charge in [0.05, 0.1) is 6.61 Å². The maximum atomic E-state index is 12.6. The van der Waals surface area contributed by atoms with Crippen LogP contribution < -0.4 is 0 Å². The van der Waals surface area contributed by atoms with E-state index in [9.17, 15) is 15.0 Å². The number of β-amino-alcohol motifs (C(OH)–C–C–N with tert-alkyl or cyclic N) is 1. The third kappa shape index (κ3) is 3.82. The second-order valence-corrected chi connectivity index (χ2v) is 5.98. The van der Waals surface area contributed by atoms with E-state index in [-0.39, 0.29) is 19.1 Å². The Morgan fingerprint density at radius 2 is 1.54 bits per heavy atom. The second-order valence-electron chi connectivity index (χ2n) is 5.98. The molecule has 0 bridgehead atoms.